The van der Waals surface area contributed by atoms with Gasteiger partial charge in [-0.1, -0.05) is 96.3 Å². The molecule has 0 aromatic heterocycles. The zero-order valence-corrected chi connectivity index (χ0v) is 46.0. The molecule has 0 aromatic carbocycles. The van der Waals surface area contributed by atoms with Crippen LogP contribution in [-0.2, 0) is 33.6 Å². The maximum Gasteiger partial charge on any atom is 0.243 e. The van der Waals surface area contributed by atoms with Crippen molar-refractivity contribution in [1.82, 2.24) is 31.9 Å². The fourth-order valence-corrected chi connectivity index (χ4v) is 8.75. The molecule has 0 aliphatic carbocycles. The molecule has 0 aliphatic heterocycles. The monoisotopic (exact) mass is 1050 g/mol. The van der Waals surface area contributed by atoms with Crippen LogP contribution in [-0.4, -0.2) is 117 Å². The van der Waals surface area contributed by atoms with Crippen LogP contribution < -0.4 is 72.0 Å². The van der Waals surface area contributed by atoms with Crippen LogP contribution in [0.3, 0.4) is 0 Å². The third-order valence-electron chi connectivity index (χ3n) is 13.4. The summed E-state index contributed by atoms with van der Waals surface area (Å²) in [5.41, 5.74) is 39.7. The third kappa shape index (κ3) is 40.4. The van der Waals surface area contributed by atoms with Crippen molar-refractivity contribution in [3.8, 4) is 0 Å². The summed E-state index contributed by atoms with van der Waals surface area (Å²) in [6.07, 6.45) is 28.3. The first kappa shape index (κ1) is 70.1. The van der Waals surface area contributed by atoms with Gasteiger partial charge in [0, 0.05) is 25.9 Å². The second-order valence-corrected chi connectivity index (χ2v) is 20.2. The second-order valence-electron chi connectivity index (χ2n) is 20.2. The number of hydrogen-bond donors (Lipinski definition) is 13. The molecule has 0 unspecified atom stereocenters. The fraction of sp³-hybridized carbons (Fsp3) is 0.870. The van der Waals surface area contributed by atoms with Crippen LogP contribution in [0, 0.1) is 0 Å². The average molecular weight is 1050 g/mol. The van der Waals surface area contributed by atoms with E-state index in [0.29, 0.717) is 104 Å². The standard InChI is InChI=1S/C54H109N13O7/c55-36-22-17-29-43(60)51(71)66-45(31-19-24-38-57)52(72)62-41-27-13-9-6-2-4-8-12-16-35-49(69)65-47(33-21-26-40-59)54(74)67-46(32-20-25-39-58)53(73)63-42-28-14-10-5-1-3-7-11-15-34-48(68)64-44(50(61)70)30-18-23-37-56/h43-47H,1-42,55-60H2,(H2,61,70)(H,62,72)(H,63,73)(H,64,68)(H,65,69)(H,66,71)(H,67,74)/t43-,44-,45-,46-,47-/m0/s1. The topological polar surface area (TPSA) is 374 Å². The van der Waals surface area contributed by atoms with Gasteiger partial charge < -0.3 is 72.0 Å². The number of primary amides is 1. The molecule has 0 aromatic rings. The van der Waals surface area contributed by atoms with E-state index in [1.54, 1.807) is 0 Å². The van der Waals surface area contributed by atoms with Gasteiger partial charge in [-0.15, -0.1) is 0 Å². The molecular weight excluding hydrogens is 943 g/mol. The Morgan fingerprint density at radius 1 is 0.297 bits per heavy atom. The zero-order chi connectivity index (χ0) is 54.9. The molecule has 0 radical (unpaired) electrons. The molecule has 0 saturated heterocycles. The highest BCUT2D eigenvalue weighted by atomic mass is 16.2. The van der Waals surface area contributed by atoms with Crippen LogP contribution in [0.2, 0.25) is 0 Å². The number of unbranched alkanes of at least 4 members (excludes halogenated alkanes) is 21. The quantitative estimate of drug-likeness (QED) is 0.0389. The van der Waals surface area contributed by atoms with E-state index >= 15 is 0 Å². The van der Waals surface area contributed by atoms with Crippen molar-refractivity contribution in [3.05, 3.63) is 0 Å². The summed E-state index contributed by atoms with van der Waals surface area (Å²) < 4.78 is 0. The minimum atomic E-state index is -0.756. The Labute approximate surface area is 446 Å². The Morgan fingerprint density at radius 3 is 0.932 bits per heavy atom. The molecule has 0 rings (SSSR count). The van der Waals surface area contributed by atoms with Crippen molar-refractivity contribution < 1.29 is 33.6 Å². The maximum absolute atomic E-state index is 13.6. The first-order valence-electron chi connectivity index (χ1n) is 29.1. The Hall–Kier alpha value is -3.95. The normalized spacial score (nSPS) is 13.3. The number of amides is 7. The van der Waals surface area contributed by atoms with Gasteiger partial charge in [-0.25, -0.2) is 0 Å². The molecule has 0 heterocycles. The summed E-state index contributed by atoms with van der Waals surface area (Å²) in [7, 11) is 0. The summed E-state index contributed by atoms with van der Waals surface area (Å²) in [5, 5.41) is 17.5. The lowest BCUT2D eigenvalue weighted by atomic mass is 10.0. The summed E-state index contributed by atoms with van der Waals surface area (Å²) in [6.45, 7) is 3.66. The predicted octanol–water partition coefficient (Wildman–Crippen LogP) is 3.42. The molecule has 7 amide bonds. The highest BCUT2D eigenvalue weighted by Gasteiger charge is 2.27. The van der Waals surface area contributed by atoms with E-state index in [9.17, 15) is 33.6 Å². The molecule has 74 heavy (non-hydrogen) atoms. The lowest BCUT2D eigenvalue weighted by Gasteiger charge is -2.23. The first-order chi connectivity index (χ1) is 35.8. The van der Waals surface area contributed by atoms with Crippen LogP contribution in [0.5, 0.6) is 0 Å². The summed E-state index contributed by atoms with van der Waals surface area (Å²) in [6, 6.07) is -3.41. The van der Waals surface area contributed by atoms with Crippen molar-refractivity contribution in [2.45, 2.75) is 255 Å². The molecule has 0 saturated carbocycles. The van der Waals surface area contributed by atoms with Crippen molar-refractivity contribution in [3.63, 3.8) is 0 Å². The molecule has 0 bridgehead atoms. The van der Waals surface area contributed by atoms with Crippen LogP contribution in [0.15, 0.2) is 0 Å². The van der Waals surface area contributed by atoms with Gasteiger partial charge in [0.25, 0.3) is 0 Å². The fourth-order valence-electron chi connectivity index (χ4n) is 8.75. The van der Waals surface area contributed by atoms with Crippen molar-refractivity contribution in [2.24, 2.45) is 40.1 Å². The molecule has 20 N–H and O–H groups in total. The highest BCUT2D eigenvalue weighted by molar-refractivity contribution is 5.92. The van der Waals surface area contributed by atoms with Gasteiger partial charge in [0.05, 0.1) is 6.04 Å². The van der Waals surface area contributed by atoms with Crippen molar-refractivity contribution in [2.75, 3.05) is 45.8 Å². The Balaban J connectivity index is 4.55. The zero-order valence-electron chi connectivity index (χ0n) is 46.0. The van der Waals surface area contributed by atoms with E-state index in [0.717, 1.165) is 167 Å². The molecule has 20 nitrogen and oxygen atoms in total. The first-order valence-corrected chi connectivity index (χ1v) is 29.1. The summed E-state index contributed by atoms with van der Waals surface area (Å²) in [5.74, 6) is -1.91. The SMILES string of the molecule is NCCCC[C@H](NC(=O)CCCCCCCCCCCNC(=O)[C@H](CCCCN)NC(=O)[C@H](CCCCN)NC(=O)CCCCCCCCCCCNC(=O)[C@H](CCCCN)NC(=O)[C@@H](N)CCCCN)C(N)=O. The maximum atomic E-state index is 13.6. The second kappa shape index (κ2) is 49.9. The number of nitrogens with two attached hydrogens (primary N) is 7. The number of rotatable bonds is 53. The van der Waals surface area contributed by atoms with E-state index in [1.165, 1.54) is 0 Å². The van der Waals surface area contributed by atoms with Gasteiger partial charge in [0.15, 0.2) is 0 Å². The minimum absolute atomic E-state index is 0.139. The van der Waals surface area contributed by atoms with Crippen molar-refractivity contribution in [1.29, 1.82) is 0 Å². The van der Waals surface area contributed by atoms with Gasteiger partial charge in [-0.3, -0.25) is 33.6 Å². The van der Waals surface area contributed by atoms with Crippen LogP contribution in [0.4, 0.5) is 0 Å². The van der Waals surface area contributed by atoms with E-state index < -0.39 is 36.1 Å². The minimum Gasteiger partial charge on any atom is -0.368 e. The van der Waals surface area contributed by atoms with Gasteiger partial charge in [0.1, 0.15) is 24.2 Å². The molecule has 0 aliphatic rings. The average Bonchev–Trinajstić information content (AvgIpc) is 3.37. The number of nitrogens with one attached hydrogen (secondary N) is 6. The Morgan fingerprint density at radius 2 is 0.581 bits per heavy atom. The lowest BCUT2D eigenvalue weighted by Crippen LogP contribution is -2.53. The van der Waals surface area contributed by atoms with Crippen molar-refractivity contribution >= 4 is 41.4 Å². The van der Waals surface area contributed by atoms with E-state index in [2.05, 4.69) is 31.9 Å². The number of carbonyl (C=O) groups excluding carboxylic acids is 7. The molecule has 432 valence electrons. The summed E-state index contributed by atoms with van der Waals surface area (Å²) >= 11 is 0. The predicted molar refractivity (Wildman–Crippen MR) is 298 cm³/mol. The molecular formula is C54H109N13O7. The number of carbonyl (C=O) groups is 7. The van der Waals surface area contributed by atoms with Crippen LogP contribution in [0.25, 0.3) is 0 Å². The molecule has 20 heteroatoms. The van der Waals surface area contributed by atoms with E-state index in [1.807, 2.05) is 0 Å². The van der Waals surface area contributed by atoms with Crippen LogP contribution in [0.1, 0.15) is 225 Å². The smallest absolute Gasteiger partial charge is 0.243 e. The molecule has 5 atom stereocenters. The lowest BCUT2D eigenvalue weighted by molar-refractivity contribution is -0.132. The van der Waals surface area contributed by atoms with Crippen LogP contribution >= 0.6 is 0 Å². The van der Waals surface area contributed by atoms with Gasteiger partial charge >= 0.3 is 0 Å². The molecule has 0 spiro atoms. The Bertz CT molecular complexity index is 1460. The molecule has 0 fully saturated rings. The van der Waals surface area contributed by atoms with E-state index in [-0.39, 0.29) is 35.4 Å². The van der Waals surface area contributed by atoms with Gasteiger partial charge in [0.2, 0.25) is 41.4 Å². The third-order valence-corrected chi connectivity index (χ3v) is 13.4. The highest BCUT2D eigenvalue weighted by Crippen LogP contribution is 2.14. The largest absolute Gasteiger partial charge is 0.368 e. The van der Waals surface area contributed by atoms with E-state index in [4.69, 9.17) is 40.1 Å². The van der Waals surface area contributed by atoms with Gasteiger partial charge in [-0.05, 0) is 148 Å². The summed E-state index contributed by atoms with van der Waals surface area (Å²) in [4.78, 5) is 89.5. The number of hydrogen-bond acceptors (Lipinski definition) is 13. The Kier molecular flexibility index (Phi) is 47.2. The van der Waals surface area contributed by atoms with Gasteiger partial charge in [-0.2, -0.15) is 0 Å².